The van der Waals surface area contributed by atoms with Crippen molar-refractivity contribution in [1.82, 2.24) is 4.98 Å². The van der Waals surface area contributed by atoms with Crippen molar-refractivity contribution in [1.29, 1.82) is 0 Å². The molecule has 0 unspecified atom stereocenters. The number of nitrogens with one attached hydrogen (secondary N) is 1. The van der Waals surface area contributed by atoms with E-state index in [1.165, 1.54) is 11.3 Å². The Morgan fingerprint density at radius 2 is 1.90 bits per heavy atom. The maximum absolute atomic E-state index is 12.3. The third-order valence-electron chi connectivity index (χ3n) is 4.24. The lowest BCUT2D eigenvalue weighted by Gasteiger charge is -2.09. The van der Waals surface area contributed by atoms with Gasteiger partial charge < -0.3 is 9.47 Å². The van der Waals surface area contributed by atoms with E-state index in [0.717, 1.165) is 31.6 Å². The molecule has 146 valence electrons. The summed E-state index contributed by atoms with van der Waals surface area (Å²) in [6, 6.07) is 21.5. The molecule has 1 N–H and O–H groups in total. The van der Waals surface area contributed by atoms with E-state index < -0.39 is 0 Å². The average Bonchev–Trinajstić information content (AvgIpc) is 3.14. The summed E-state index contributed by atoms with van der Waals surface area (Å²) < 4.78 is 12.6. The van der Waals surface area contributed by atoms with Gasteiger partial charge in [-0.25, -0.2) is 4.98 Å². The minimum atomic E-state index is -0.268. The number of methoxy groups -OCH3 is 1. The van der Waals surface area contributed by atoms with E-state index >= 15 is 0 Å². The summed E-state index contributed by atoms with van der Waals surface area (Å²) in [5.41, 5.74) is 3.00. The van der Waals surface area contributed by atoms with Gasteiger partial charge in [-0.05, 0) is 57.4 Å². The summed E-state index contributed by atoms with van der Waals surface area (Å²) in [5.74, 6) is 1.09. The first-order valence-electron chi connectivity index (χ1n) is 8.84. The second kappa shape index (κ2) is 8.63. The number of nitrogens with zero attached hydrogens (tertiary/aromatic N) is 1. The highest BCUT2D eigenvalue weighted by Gasteiger charge is 2.11. The minimum Gasteiger partial charge on any atom is -0.497 e. The molecule has 1 amide bonds. The van der Waals surface area contributed by atoms with Gasteiger partial charge in [-0.1, -0.05) is 47.7 Å². The van der Waals surface area contributed by atoms with Crippen LogP contribution < -0.4 is 14.8 Å². The second-order valence-electron chi connectivity index (χ2n) is 6.20. The lowest BCUT2D eigenvalue weighted by Crippen LogP contribution is -2.20. The molecular formula is C22H17BrN2O3S. The Bertz CT molecular complexity index is 1160. The zero-order valence-electron chi connectivity index (χ0n) is 15.5. The number of hydrogen-bond acceptors (Lipinski definition) is 5. The van der Waals surface area contributed by atoms with Gasteiger partial charge in [0.2, 0.25) is 0 Å². The van der Waals surface area contributed by atoms with Gasteiger partial charge in [0.1, 0.15) is 11.5 Å². The predicted molar refractivity (Wildman–Crippen MR) is 120 cm³/mol. The molecule has 0 spiro atoms. The van der Waals surface area contributed by atoms with E-state index in [4.69, 9.17) is 9.47 Å². The molecule has 3 aromatic carbocycles. The largest absolute Gasteiger partial charge is 0.497 e. The van der Waals surface area contributed by atoms with Gasteiger partial charge in [-0.3, -0.25) is 10.1 Å². The Morgan fingerprint density at radius 3 is 2.66 bits per heavy atom. The molecular weight excluding hydrogens is 452 g/mol. The fraction of sp³-hybridized carbons (Fsp3) is 0.0909. The SMILES string of the molecule is COc1ccc2nc(NC(=O)COc3ccc(-c4ccccc4)cc3Br)sc2c1. The first-order chi connectivity index (χ1) is 14.1. The number of amides is 1. The van der Waals surface area contributed by atoms with Gasteiger partial charge in [0.15, 0.2) is 11.7 Å². The molecule has 1 aromatic heterocycles. The fourth-order valence-corrected chi connectivity index (χ4v) is 4.22. The van der Waals surface area contributed by atoms with E-state index in [1.54, 1.807) is 7.11 Å². The number of thiazole rings is 1. The van der Waals surface area contributed by atoms with E-state index in [1.807, 2.05) is 66.7 Å². The molecule has 0 bridgehead atoms. The molecule has 1 heterocycles. The summed E-state index contributed by atoms with van der Waals surface area (Å²) in [5, 5.41) is 3.31. The molecule has 4 rings (SSSR count). The van der Waals surface area contributed by atoms with E-state index in [9.17, 15) is 4.79 Å². The topological polar surface area (TPSA) is 60.5 Å². The van der Waals surface area contributed by atoms with Crippen LogP contribution in [-0.2, 0) is 4.79 Å². The first-order valence-corrected chi connectivity index (χ1v) is 10.5. The number of benzene rings is 3. The summed E-state index contributed by atoms with van der Waals surface area (Å²) >= 11 is 4.91. The molecule has 0 aliphatic rings. The molecule has 0 aliphatic heterocycles. The van der Waals surface area contributed by atoms with Gasteiger partial charge in [-0.15, -0.1) is 0 Å². The van der Waals surface area contributed by atoms with Crippen molar-refractivity contribution < 1.29 is 14.3 Å². The summed E-state index contributed by atoms with van der Waals surface area (Å²) in [6.07, 6.45) is 0. The number of carbonyl (C=O) groups excluding carboxylic acids is 1. The van der Waals surface area contributed by atoms with E-state index in [-0.39, 0.29) is 12.5 Å². The van der Waals surface area contributed by atoms with Crippen molar-refractivity contribution in [3.8, 4) is 22.6 Å². The van der Waals surface area contributed by atoms with Crippen LogP contribution in [0.2, 0.25) is 0 Å². The Labute approximate surface area is 180 Å². The quantitative estimate of drug-likeness (QED) is 0.391. The summed E-state index contributed by atoms with van der Waals surface area (Å²) in [6.45, 7) is -0.109. The highest BCUT2D eigenvalue weighted by Crippen LogP contribution is 2.31. The third kappa shape index (κ3) is 4.58. The number of carbonyl (C=O) groups is 1. The first kappa shape index (κ1) is 19.4. The van der Waals surface area contributed by atoms with Crippen molar-refractivity contribution in [2.45, 2.75) is 0 Å². The van der Waals surface area contributed by atoms with Gasteiger partial charge in [0.25, 0.3) is 5.91 Å². The van der Waals surface area contributed by atoms with Crippen LogP contribution in [0.4, 0.5) is 5.13 Å². The van der Waals surface area contributed by atoms with Crippen molar-refractivity contribution in [2.75, 3.05) is 19.0 Å². The van der Waals surface area contributed by atoms with Crippen LogP contribution in [0, 0.1) is 0 Å². The minimum absolute atomic E-state index is 0.109. The lowest BCUT2D eigenvalue weighted by molar-refractivity contribution is -0.118. The van der Waals surface area contributed by atoms with Crippen molar-refractivity contribution in [3.63, 3.8) is 0 Å². The second-order valence-corrected chi connectivity index (χ2v) is 8.09. The summed E-state index contributed by atoms with van der Waals surface area (Å²) in [4.78, 5) is 16.7. The van der Waals surface area contributed by atoms with Crippen LogP contribution in [-0.4, -0.2) is 24.6 Å². The van der Waals surface area contributed by atoms with Crippen LogP contribution in [0.1, 0.15) is 0 Å². The molecule has 0 radical (unpaired) electrons. The normalized spacial score (nSPS) is 10.7. The molecule has 0 aliphatic carbocycles. The molecule has 0 saturated carbocycles. The molecule has 0 saturated heterocycles. The highest BCUT2D eigenvalue weighted by atomic mass is 79.9. The maximum atomic E-state index is 12.3. The van der Waals surface area contributed by atoms with Crippen LogP contribution in [0.5, 0.6) is 11.5 Å². The van der Waals surface area contributed by atoms with Crippen LogP contribution in [0.25, 0.3) is 21.3 Å². The van der Waals surface area contributed by atoms with Gasteiger partial charge >= 0.3 is 0 Å². The van der Waals surface area contributed by atoms with Crippen LogP contribution in [0.3, 0.4) is 0 Å². The molecule has 0 fully saturated rings. The number of aromatic nitrogens is 1. The highest BCUT2D eigenvalue weighted by molar-refractivity contribution is 9.10. The Hall–Kier alpha value is -2.90. The number of rotatable bonds is 6. The zero-order chi connectivity index (χ0) is 20.2. The number of fused-ring (bicyclic) bond motifs is 1. The Balaban J connectivity index is 1.39. The standard InChI is InChI=1S/C22H17BrN2O3S/c1-27-16-8-9-18-20(12-16)29-22(24-18)25-21(26)13-28-19-10-7-15(11-17(19)23)14-5-3-2-4-6-14/h2-12H,13H2,1H3,(H,24,25,26). The Kier molecular flexibility index (Phi) is 5.78. The van der Waals surface area contributed by atoms with E-state index in [2.05, 4.69) is 26.2 Å². The van der Waals surface area contributed by atoms with Crippen molar-refractivity contribution in [2.24, 2.45) is 0 Å². The number of hydrogen-bond donors (Lipinski definition) is 1. The molecule has 0 atom stereocenters. The molecule has 5 nitrogen and oxygen atoms in total. The molecule has 29 heavy (non-hydrogen) atoms. The fourth-order valence-electron chi connectivity index (χ4n) is 2.81. The van der Waals surface area contributed by atoms with Gasteiger partial charge in [0.05, 0.1) is 21.8 Å². The molecule has 7 heteroatoms. The summed E-state index contributed by atoms with van der Waals surface area (Å²) in [7, 11) is 1.62. The van der Waals surface area contributed by atoms with E-state index in [0.29, 0.717) is 10.9 Å². The van der Waals surface area contributed by atoms with Crippen molar-refractivity contribution in [3.05, 3.63) is 71.2 Å². The molecule has 4 aromatic rings. The predicted octanol–water partition coefficient (Wildman–Crippen LogP) is 5.75. The third-order valence-corrected chi connectivity index (χ3v) is 5.79. The zero-order valence-corrected chi connectivity index (χ0v) is 17.9. The Morgan fingerprint density at radius 1 is 1.07 bits per heavy atom. The van der Waals surface area contributed by atoms with Crippen molar-refractivity contribution >= 4 is 48.5 Å². The number of ether oxygens (including phenoxy) is 2. The van der Waals surface area contributed by atoms with Crippen LogP contribution in [0.15, 0.2) is 71.2 Å². The number of anilines is 1. The lowest BCUT2D eigenvalue weighted by atomic mass is 10.1. The van der Waals surface area contributed by atoms with Gasteiger partial charge in [-0.2, -0.15) is 0 Å². The smallest absolute Gasteiger partial charge is 0.264 e. The maximum Gasteiger partial charge on any atom is 0.264 e. The van der Waals surface area contributed by atoms with Gasteiger partial charge in [0, 0.05) is 0 Å². The van der Waals surface area contributed by atoms with Crippen LogP contribution >= 0.6 is 27.3 Å². The average molecular weight is 469 g/mol. The monoisotopic (exact) mass is 468 g/mol. The number of halogens is 1.